The molecule has 1 atom stereocenters. The number of rotatable bonds is 11. The third-order valence-corrected chi connectivity index (χ3v) is 11.1. The number of piperazine rings is 1. The van der Waals surface area contributed by atoms with E-state index in [9.17, 15) is 31.5 Å². The summed E-state index contributed by atoms with van der Waals surface area (Å²) in [6.07, 6.45) is -3.40. The first-order chi connectivity index (χ1) is 26.5. The van der Waals surface area contributed by atoms with Crippen LogP contribution in [0.4, 0.5) is 26.7 Å². The van der Waals surface area contributed by atoms with Crippen LogP contribution in [0.5, 0.6) is 0 Å². The van der Waals surface area contributed by atoms with Crippen LogP contribution in [-0.4, -0.2) is 82.1 Å². The van der Waals surface area contributed by atoms with Crippen molar-refractivity contribution < 1.29 is 36.3 Å². The molecule has 55 heavy (non-hydrogen) atoms. The van der Waals surface area contributed by atoms with Gasteiger partial charge in [-0.3, -0.25) is 9.69 Å². The number of hydrogen-bond acceptors (Lipinski definition) is 9. The van der Waals surface area contributed by atoms with Crippen LogP contribution in [0.1, 0.15) is 47.5 Å². The number of carbonyl (C=O) groups excluding carboxylic acids is 1. The van der Waals surface area contributed by atoms with Crippen LogP contribution in [0.25, 0.3) is 11.1 Å². The molecule has 0 saturated carbocycles. The highest BCUT2D eigenvalue weighted by Gasteiger charge is 2.35. The van der Waals surface area contributed by atoms with Gasteiger partial charge in [-0.2, -0.15) is 18.2 Å². The Bertz CT molecular complexity index is 2100. The molecule has 7 rings (SSSR count). The maximum absolute atomic E-state index is 14.6. The molecule has 0 N–H and O–H groups in total. The molecule has 3 aromatic carbocycles. The quantitative estimate of drug-likeness (QED) is 0.0905. The number of amides is 1. The number of hydrogen-bond donors (Lipinski definition) is 0. The van der Waals surface area contributed by atoms with Gasteiger partial charge in [-0.15, -0.1) is 0 Å². The Morgan fingerprint density at radius 2 is 1.65 bits per heavy atom. The van der Waals surface area contributed by atoms with Crippen LogP contribution < -0.4 is 5.56 Å². The maximum Gasteiger partial charge on any atom is 0.416 e. The van der Waals surface area contributed by atoms with Crippen LogP contribution in [-0.2, 0) is 40.9 Å². The Morgan fingerprint density at radius 1 is 0.945 bits per heavy atom. The lowest BCUT2D eigenvalue weighted by molar-refractivity contribution is -0.137. The minimum absolute atomic E-state index is 0.0488. The summed E-state index contributed by atoms with van der Waals surface area (Å²) >= 11 is 1.15. The predicted octanol–water partition coefficient (Wildman–Crippen LogP) is 7.11. The topological polar surface area (TPSA) is 92.5 Å². The molecule has 10 nitrogen and oxygen atoms in total. The molecule has 1 aromatic heterocycles. The van der Waals surface area contributed by atoms with E-state index in [4.69, 9.17) is 9.57 Å². The summed E-state index contributed by atoms with van der Waals surface area (Å²) in [5.74, 6) is -1.28. The highest BCUT2D eigenvalue weighted by atomic mass is 32.2. The fourth-order valence-corrected chi connectivity index (χ4v) is 8.06. The number of carbonyl (C=O) groups is 1. The van der Waals surface area contributed by atoms with Crippen molar-refractivity contribution in [3.8, 4) is 11.1 Å². The van der Waals surface area contributed by atoms with Crippen LogP contribution in [0.2, 0.25) is 0 Å². The van der Waals surface area contributed by atoms with Gasteiger partial charge in [0.2, 0.25) is 6.23 Å². The fourth-order valence-electron chi connectivity index (χ4n) is 7.08. The molecule has 1 aliphatic carbocycles. The zero-order chi connectivity index (χ0) is 38.7. The molecule has 0 radical (unpaired) electrons. The Labute approximate surface area is 318 Å². The third kappa shape index (κ3) is 8.49. The van der Waals surface area contributed by atoms with Gasteiger partial charge < -0.3 is 23.9 Å². The zero-order valence-corrected chi connectivity index (χ0v) is 30.8. The second kappa shape index (κ2) is 16.4. The average molecular weight is 783 g/mol. The van der Waals surface area contributed by atoms with E-state index in [0.717, 1.165) is 53.2 Å². The first-order valence-corrected chi connectivity index (χ1v) is 19.1. The van der Waals surface area contributed by atoms with Crippen LogP contribution in [0, 0.1) is 11.6 Å². The van der Waals surface area contributed by atoms with Crippen LogP contribution >= 0.6 is 11.8 Å². The maximum atomic E-state index is 14.6. The van der Waals surface area contributed by atoms with Crippen molar-refractivity contribution in [3.05, 3.63) is 117 Å². The molecule has 1 unspecified atom stereocenters. The van der Waals surface area contributed by atoms with Crippen molar-refractivity contribution in [2.75, 3.05) is 45.9 Å². The van der Waals surface area contributed by atoms with Crippen molar-refractivity contribution in [2.45, 2.75) is 56.0 Å². The Hall–Kier alpha value is -4.96. The van der Waals surface area contributed by atoms with Crippen molar-refractivity contribution in [1.29, 1.82) is 0 Å². The summed E-state index contributed by atoms with van der Waals surface area (Å²) in [5, 5.41) is 4.90. The lowest BCUT2D eigenvalue weighted by atomic mass is 10.0. The molecule has 290 valence electrons. The molecule has 2 aliphatic heterocycles. The van der Waals surface area contributed by atoms with E-state index >= 15 is 0 Å². The van der Waals surface area contributed by atoms with Gasteiger partial charge >= 0.3 is 12.3 Å². The highest BCUT2D eigenvalue weighted by Crippen LogP contribution is 2.34. The van der Waals surface area contributed by atoms with Gasteiger partial charge in [0.15, 0.2) is 22.6 Å². The van der Waals surface area contributed by atoms with E-state index in [0.29, 0.717) is 80.8 Å². The number of amidine groups is 1. The molecule has 3 aliphatic rings. The number of halogens is 5. The highest BCUT2D eigenvalue weighted by molar-refractivity contribution is 7.98. The number of alkyl halides is 3. The summed E-state index contributed by atoms with van der Waals surface area (Å²) in [7, 11) is 0. The lowest BCUT2D eigenvalue weighted by Gasteiger charge is -2.35. The molecular formula is C39H39F5N6O4S. The van der Waals surface area contributed by atoms with E-state index in [1.807, 2.05) is 33.7 Å². The number of fused-ring (bicyclic) bond motifs is 1. The number of ether oxygens (including phenoxy) is 1. The summed E-state index contributed by atoms with van der Waals surface area (Å²) in [4.78, 5) is 41.8. The van der Waals surface area contributed by atoms with E-state index in [2.05, 4.69) is 15.0 Å². The smallest absolute Gasteiger partial charge is 0.416 e. The molecule has 1 saturated heterocycles. The third-order valence-electron chi connectivity index (χ3n) is 10.1. The monoisotopic (exact) mass is 782 g/mol. The van der Waals surface area contributed by atoms with E-state index in [-0.39, 0.29) is 29.5 Å². The molecular weight excluding hydrogens is 744 g/mol. The number of nitrogens with zero attached hydrogens (tertiary/aromatic N) is 6. The summed E-state index contributed by atoms with van der Waals surface area (Å²) < 4.78 is 75.2. The second-order valence-electron chi connectivity index (χ2n) is 13.4. The summed E-state index contributed by atoms with van der Waals surface area (Å²) in [6, 6.07) is 16.3. The first-order valence-electron chi connectivity index (χ1n) is 18.1. The van der Waals surface area contributed by atoms with E-state index in [1.54, 1.807) is 11.8 Å². The fraction of sp³-hybridized carbons (Fsp3) is 0.385. The van der Waals surface area contributed by atoms with Crippen molar-refractivity contribution in [3.63, 3.8) is 0 Å². The number of oxime groups is 1. The van der Waals surface area contributed by atoms with Gasteiger partial charge in [0.1, 0.15) is 0 Å². The molecule has 0 bridgehead atoms. The van der Waals surface area contributed by atoms with Crippen molar-refractivity contribution in [1.82, 2.24) is 24.3 Å². The molecule has 1 amide bonds. The van der Waals surface area contributed by atoms with Crippen LogP contribution in [0.3, 0.4) is 0 Å². The minimum Gasteiger partial charge on any atom is -0.450 e. The van der Waals surface area contributed by atoms with Gasteiger partial charge in [-0.05, 0) is 55.5 Å². The summed E-state index contributed by atoms with van der Waals surface area (Å²) in [5.41, 5.74) is 2.67. The Morgan fingerprint density at radius 3 is 2.35 bits per heavy atom. The number of aromatic nitrogens is 2. The van der Waals surface area contributed by atoms with Crippen LogP contribution in [0.15, 0.2) is 81.8 Å². The standard InChI is InChI=1S/C39H39F5N6O4S/c1-2-53-38(52)48-20-17-47(18-21-48)19-22-49-33(46-54-36(49)27-11-9-25(10-12-27)26-13-15-29(16-14-26)39(42,43)44)23-50-32-8-4-6-30(32)35(51)45-37(50)55-24-28-5-3-7-31(40)34(28)41/h3,5,7,9-16,36H,2,4,6,8,17-24H2,1H3. The van der Waals surface area contributed by atoms with Gasteiger partial charge in [0, 0.05) is 67.4 Å². The Balaban J connectivity index is 1.14. The second-order valence-corrected chi connectivity index (χ2v) is 14.4. The zero-order valence-electron chi connectivity index (χ0n) is 30.0. The largest absolute Gasteiger partial charge is 0.450 e. The van der Waals surface area contributed by atoms with E-state index in [1.165, 1.54) is 24.3 Å². The Kier molecular flexibility index (Phi) is 11.4. The van der Waals surface area contributed by atoms with Gasteiger partial charge in [0.05, 0.1) is 18.7 Å². The minimum atomic E-state index is -4.43. The van der Waals surface area contributed by atoms with Crippen molar-refractivity contribution in [2.24, 2.45) is 5.16 Å². The van der Waals surface area contributed by atoms with Gasteiger partial charge in [0.25, 0.3) is 5.56 Å². The van der Waals surface area contributed by atoms with Crippen molar-refractivity contribution >= 4 is 23.7 Å². The first kappa shape index (κ1) is 38.3. The SMILES string of the molecule is CCOC(=O)N1CCN(CCN2C(Cn3c(SCc4cccc(F)c4F)nc(=O)c4c3CCC4)=NOC2c2ccc(-c3ccc(C(F)(F)F)cc3)cc2)CC1. The molecule has 0 spiro atoms. The number of thioether (sulfide) groups is 1. The molecule has 16 heteroatoms. The summed E-state index contributed by atoms with van der Waals surface area (Å²) in [6.45, 7) is 5.69. The normalized spacial score (nSPS) is 17.3. The lowest BCUT2D eigenvalue weighted by Crippen LogP contribution is -2.50. The van der Waals surface area contributed by atoms with Gasteiger partial charge in [-0.1, -0.05) is 65.4 Å². The molecule has 3 heterocycles. The van der Waals surface area contributed by atoms with Gasteiger partial charge in [-0.25, -0.2) is 13.6 Å². The molecule has 4 aromatic rings. The predicted molar refractivity (Wildman–Crippen MR) is 196 cm³/mol. The molecule has 1 fully saturated rings. The average Bonchev–Trinajstić information content (AvgIpc) is 3.84. The van der Waals surface area contributed by atoms with E-state index < -0.39 is 29.6 Å². The number of benzene rings is 3.